The van der Waals surface area contributed by atoms with Gasteiger partial charge in [0.2, 0.25) is 5.95 Å². The monoisotopic (exact) mass is 442 g/mol. The lowest BCUT2D eigenvalue weighted by Crippen LogP contribution is -2.36. The molecule has 0 bridgehead atoms. The number of hydrogen-bond donors (Lipinski definition) is 3. The second-order valence-corrected chi connectivity index (χ2v) is 8.77. The topological polar surface area (TPSA) is 170 Å². The van der Waals surface area contributed by atoms with Crippen molar-refractivity contribution in [1.82, 2.24) is 29.5 Å². The molecule has 0 radical (unpaired) electrons. The number of ketones is 1. The summed E-state index contributed by atoms with van der Waals surface area (Å²) in [6.45, 7) is 3.31. The number of aryl methyl sites for hydroxylation is 2. The van der Waals surface area contributed by atoms with Gasteiger partial charge in [-0.15, -0.1) is 11.8 Å². The summed E-state index contributed by atoms with van der Waals surface area (Å²) in [6, 6.07) is -1.11. The molecule has 1 atom stereocenters. The third kappa shape index (κ3) is 4.40. The van der Waals surface area contributed by atoms with Gasteiger partial charge in [0.15, 0.2) is 10.8 Å². The fourth-order valence-electron chi connectivity index (χ4n) is 2.51. The number of sulfonamides is 1. The van der Waals surface area contributed by atoms with E-state index in [2.05, 4.69) is 30.7 Å². The van der Waals surface area contributed by atoms with Crippen LogP contribution in [0.3, 0.4) is 0 Å². The zero-order chi connectivity index (χ0) is 21.3. The summed E-state index contributed by atoms with van der Waals surface area (Å²) in [4.78, 5) is 35.8. The fourth-order valence-corrected chi connectivity index (χ4v) is 5.18. The number of carbonyl (C=O) groups is 2. The molecule has 1 unspecified atom stereocenters. The van der Waals surface area contributed by atoms with Crippen LogP contribution in [0.2, 0.25) is 0 Å². The Kier molecular flexibility index (Phi) is 5.61. The minimum atomic E-state index is -4.32. The van der Waals surface area contributed by atoms with Crippen LogP contribution in [0.1, 0.15) is 12.7 Å². The average molecular weight is 442 g/mol. The van der Waals surface area contributed by atoms with Crippen molar-refractivity contribution in [2.45, 2.75) is 29.0 Å². The molecule has 3 rings (SSSR count). The molecule has 29 heavy (non-hydrogen) atoms. The molecular weight excluding hydrogens is 424 g/mol. The molecule has 2 aromatic rings. The average Bonchev–Trinajstić information content (AvgIpc) is 2.95. The van der Waals surface area contributed by atoms with Crippen LogP contribution in [-0.2, 0) is 21.9 Å². The van der Waals surface area contributed by atoms with Gasteiger partial charge in [-0.3, -0.25) is 14.8 Å². The highest BCUT2D eigenvalue weighted by molar-refractivity contribution is 8.01. The Morgan fingerprint density at radius 1 is 1.31 bits per heavy atom. The molecular formula is C14H18N8O5S2. The van der Waals surface area contributed by atoms with E-state index in [0.29, 0.717) is 12.4 Å². The quantitative estimate of drug-likeness (QED) is 0.565. The number of rotatable bonds is 5. The highest BCUT2D eigenvalue weighted by Crippen LogP contribution is 2.39. The van der Waals surface area contributed by atoms with Crippen LogP contribution in [0.15, 0.2) is 9.92 Å². The highest BCUT2D eigenvalue weighted by Gasteiger charge is 2.34. The van der Waals surface area contributed by atoms with E-state index >= 15 is 0 Å². The number of Topliss-reactive ketones (excluding diaryl/α,β-unsaturated/α-hetero) is 1. The number of nitrogens with one attached hydrogen (secondary N) is 3. The van der Waals surface area contributed by atoms with Gasteiger partial charge in [0.25, 0.3) is 10.0 Å². The van der Waals surface area contributed by atoms with Crippen molar-refractivity contribution >= 4 is 45.4 Å². The Morgan fingerprint density at radius 3 is 2.69 bits per heavy atom. The number of ether oxygens (including phenoxy) is 1. The Labute approximate surface area is 170 Å². The SMILES string of the molecule is COc1nc(C)nc(NC(=O)NS(=O)(=O)c2c3c(nn2C)NCC(C(C)=O)S3)n1. The molecule has 2 aromatic heterocycles. The van der Waals surface area contributed by atoms with Crippen LogP contribution in [0, 0.1) is 6.92 Å². The molecule has 3 heterocycles. The lowest BCUT2D eigenvalue weighted by Gasteiger charge is -2.20. The van der Waals surface area contributed by atoms with Gasteiger partial charge in [0, 0.05) is 13.6 Å². The first-order chi connectivity index (χ1) is 13.6. The van der Waals surface area contributed by atoms with E-state index in [9.17, 15) is 18.0 Å². The molecule has 0 saturated carbocycles. The summed E-state index contributed by atoms with van der Waals surface area (Å²) < 4.78 is 33.5. The van der Waals surface area contributed by atoms with Crippen molar-refractivity contribution < 1.29 is 22.7 Å². The van der Waals surface area contributed by atoms with Gasteiger partial charge in [-0.1, -0.05) is 0 Å². The van der Waals surface area contributed by atoms with E-state index in [4.69, 9.17) is 4.74 Å². The number of aromatic nitrogens is 5. The lowest BCUT2D eigenvalue weighted by atomic mass is 10.3. The number of amides is 2. The van der Waals surface area contributed by atoms with E-state index < -0.39 is 21.3 Å². The summed E-state index contributed by atoms with van der Waals surface area (Å²) in [5, 5.41) is 8.56. The molecule has 1 aliphatic heterocycles. The van der Waals surface area contributed by atoms with Crippen molar-refractivity contribution in [1.29, 1.82) is 0 Å². The third-order valence-corrected chi connectivity index (χ3v) is 6.70. The maximum absolute atomic E-state index is 12.8. The van der Waals surface area contributed by atoms with Gasteiger partial charge in [0.05, 0.1) is 17.3 Å². The molecule has 156 valence electrons. The second kappa shape index (κ2) is 7.82. The number of nitrogens with zero attached hydrogens (tertiary/aromatic N) is 5. The number of urea groups is 1. The minimum absolute atomic E-state index is 0.0332. The smallest absolute Gasteiger partial charge is 0.335 e. The molecule has 0 aliphatic carbocycles. The summed E-state index contributed by atoms with van der Waals surface area (Å²) in [5.41, 5.74) is 0. The lowest BCUT2D eigenvalue weighted by molar-refractivity contribution is -0.116. The van der Waals surface area contributed by atoms with Gasteiger partial charge >= 0.3 is 12.0 Å². The van der Waals surface area contributed by atoms with E-state index in [1.165, 1.54) is 21.1 Å². The molecule has 15 heteroatoms. The van der Waals surface area contributed by atoms with Gasteiger partial charge in [-0.2, -0.15) is 28.5 Å². The van der Waals surface area contributed by atoms with E-state index in [0.717, 1.165) is 16.4 Å². The predicted molar refractivity (Wildman–Crippen MR) is 102 cm³/mol. The Bertz CT molecular complexity index is 1080. The van der Waals surface area contributed by atoms with Crippen molar-refractivity contribution in [3.8, 4) is 6.01 Å². The van der Waals surface area contributed by atoms with Crippen molar-refractivity contribution in [2.75, 3.05) is 24.3 Å². The van der Waals surface area contributed by atoms with Crippen LogP contribution in [0.25, 0.3) is 0 Å². The largest absolute Gasteiger partial charge is 0.467 e. The maximum atomic E-state index is 12.8. The van der Waals surface area contributed by atoms with Gasteiger partial charge in [0.1, 0.15) is 11.6 Å². The van der Waals surface area contributed by atoms with E-state index in [-0.39, 0.29) is 33.5 Å². The van der Waals surface area contributed by atoms with E-state index in [1.807, 2.05) is 4.72 Å². The van der Waals surface area contributed by atoms with Crippen molar-refractivity contribution in [3.05, 3.63) is 5.82 Å². The van der Waals surface area contributed by atoms with Crippen molar-refractivity contribution in [3.63, 3.8) is 0 Å². The molecule has 0 aromatic carbocycles. The first kappa shape index (κ1) is 20.8. The Balaban J connectivity index is 1.83. The number of hydrogen-bond acceptors (Lipinski definition) is 11. The minimum Gasteiger partial charge on any atom is -0.467 e. The van der Waals surface area contributed by atoms with Crippen LogP contribution >= 0.6 is 11.8 Å². The van der Waals surface area contributed by atoms with Crippen LogP contribution in [0.4, 0.5) is 16.6 Å². The van der Waals surface area contributed by atoms with Crippen molar-refractivity contribution in [2.24, 2.45) is 7.05 Å². The molecule has 13 nitrogen and oxygen atoms in total. The van der Waals surface area contributed by atoms with E-state index in [1.54, 1.807) is 6.92 Å². The van der Waals surface area contributed by atoms with Crippen LogP contribution in [0.5, 0.6) is 6.01 Å². The van der Waals surface area contributed by atoms with Crippen LogP contribution < -0.4 is 20.1 Å². The summed E-state index contributed by atoms with van der Waals surface area (Å²) in [5.74, 6) is 0.314. The summed E-state index contributed by atoms with van der Waals surface area (Å²) >= 11 is 1.08. The standard InChI is InChI=1S/C14H18N8O5S2/c1-6(23)8-5-15-10-9(28-8)11(22(3)20-10)29(25,26)21-13(24)18-12-16-7(2)17-14(19-12)27-4/h8H,5H2,1-4H3,(H,15,20)(H2,16,17,18,19,21,24). The molecule has 0 fully saturated rings. The number of carbonyl (C=O) groups excluding carboxylic acids is 2. The molecule has 2 amide bonds. The first-order valence-corrected chi connectivity index (χ1v) is 10.6. The zero-order valence-corrected chi connectivity index (χ0v) is 17.5. The number of anilines is 2. The number of methoxy groups -OCH3 is 1. The molecule has 0 spiro atoms. The maximum Gasteiger partial charge on any atom is 0.335 e. The van der Waals surface area contributed by atoms with Gasteiger partial charge in [-0.25, -0.2) is 9.52 Å². The molecule has 0 saturated heterocycles. The third-order valence-electron chi connectivity index (χ3n) is 3.74. The highest BCUT2D eigenvalue weighted by atomic mass is 32.2. The molecule has 3 N–H and O–H groups in total. The molecule has 1 aliphatic rings. The van der Waals surface area contributed by atoms with Gasteiger partial charge < -0.3 is 10.1 Å². The summed E-state index contributed by atoms with van der Waals surface area (Å²) in [6.07, 6.45) is 0. The number of thioether (sulfide) groups is 1. The normalized spacial score (nSPS) is 15.8. The first-order valence-electron chi connectivity index (χ1n) is 8.19. The number of fused-ring (bicyclic) bond motifs is 1. The van der Waals surface area contributed by atoms with Gasteiger partial charge in [-0.05, 0) is 13.8 Å². The zero-order valence-electron chi connectivity index (χ0n) is 15.9. The fraction of sp³-hybridized carbons (Fsp3) is 0.429. The Hall–Kier alpha value is -2.94. The summed E-state index contributed by atoms with van der Waals surface area (Å²) in [7, 11) is -1.55. The van der Waals surface area contributed by atoms with Crippen LogP contribution in [-0.4, -0.2) is 63.9 Å². The predicted octanol–water partition coefficient (Wildman–Crippen LogP) is -0.0923. The second-order valence-electron chi connectivity index (χ2n) is 5.96. The Morgan fingerprint density at radius 2 is 2.03 bits per heavy atom.